The third kappa shape index (κ3) is 33.5. The van der Waals surface area contributed by atoms with E-state index in [-0.39, 0.29) is 323 Å². The number of hydrogen-bond acceptors (Lipinski definition) is 2. The number of benzene rings is 8. The van der Waals surface area contributed by atoms with Crippen LogP contribution in [0.3, 0.4) is 0 Å². The van der Waals surface area contributed by atoms with Crippen molar-refractivity contribution < 1.29 is 311 Å². The molecular formula is C79H106Ar8O2P8. The van der Waals surface area contributed by atoms with Crippen LogP contribution in [0, 0.1) is 316 Å². The topological polar surface area (TPSA) is 18.5 Å². The van der Waals surface area contributed by atoms with Crippen molar-refractivity contribution >= 4 is 100 Å². The Morgan fingerprint density at radius 1 is 0.412 bits per heavy atom. The molecule has 97 heavy (non-hydrogen) atoms. The van der Waals surface area contributed by atoms with Gasteiger partial charge in [-0.15, -0.1) is 37.0 Å². The fourth-order valence-corrected chi connectivity index (χ4v) is 28.0. The van der Waals surface area contributed by atoms with Crippen molar-refractivity contribution in [2.75, 3.05) is 12.3 Å². The van der Waals surface area contributed by atoms with Crippen LogP contribution in [0.2, 0.25) is 0 Å². The molecule has 5 unspecified atom stereocenters. The summed E-state index contributed by atoms with van der Waals surface area (Å²) in [5.41, 5.74) is 10.1. The van der Waals surface area contributed by atoms with Gasteiger partial charge in [-0.1, -0.05) is 293 Å². The Bertz CT molecular complexity index is 3280. The Labute approximate surface area is 844 Å². The fraction of sp³-hybridized carbons (Fsp3) is 0.392. The smallest absolute Gasteiger partial charge is 0.139 e. The van der Waals surface area contributed by atoms with Crippen LogP contribution in [0.25, 0.3) is 0 Å². The molecule has 2 nitrogen and oxygen atoms in total. The molecule has 0 saturated carbocycles. The Hall–Kier alpha value is 6.88. The molecule has 11 rings (SSSR count). The van der Waals surface area contributed by atoms with Crippen LogP contribution >= 0.6 is 68.6 Å². The van der Waals surface area contributed by atoms with E-state index in [1.54, 1.807) is 25.2 Å². The van der Waals surface area contributed by atoms with Gasteiger partial charge < -0.3 is 9.47 Å². The summed E-state index contributed by atoms with van der Waals surface area (Å²) in [6, 6.07) is 72.8. The largest absolute Gasteiger partial charge is 0.456 e. The molecule has 12 atom stereocenters. The Balaban J connectivity index is 0. The number of aryl methyl sites for hydroxylation is 2. The number of fused-ring (bicyclic) bond motifs is 2. The summed E-state index contributed by atoms with van der Waals surface area (Å²) >= 11 is 0. The maximum atomic E-state index is 6.72. The first-order chi connectivity index (χ1) is 42.4. The van der Waals surface area contributed by atoms with E-state index in [1.165, 1.54) is 74.2 Å². The third-order valence-corrected chi connectivity index (χ3v) is 30.9. The van der Waals surface area contributed by atoms with E-state index in [9.17, 15) is 0 Å². The predicted octanol–water partition coefficient (Wildman–Crippen LogP) is 21.4. The fourth-order valence-electron chi connectivity index (χ4n) is 12.7. The first-order valence-electron chi connectivity index (χ1n) is 32.5. The standard InChI is InChI=1S/C28H25OP.C25H21OP.C16H32P2.2C5H14P2.8Ar/c1-20-12-10-17-23-26(20)29-27-24(28(23,2)3)18-11-19-25(27)30(21-13-6-4-7-14-21)22-15-8-5-9-16-22;1-20-12-8-9-17-23(20)26-24-18-10-11-19-25(24)27(21-13-4-2-5-14-21)22-15-6-3-7-16-22;1-15(2,3)17-11-7-9-13(17)14-10-8-12-18(14)16(4,5)6;2*1-4(6)3-5(2)7;;;;;;;;/h4-19H,1-3H3;2-19H,1H3;13-14H,7-12H2,1-6H3;2*4-5H,3,6-7H2,1-2H3;;;;;;;;/t;;13-,14?,17+,18+;2*4-,5-;;;;;;;;/m..110......../s1. The molecule has 0 bridgehead atoms. The van der Waals surface area contributed by atoms with Crippen molar-refractivity contribution in [3.8, 4) is 23.0 Å². The molecule has 3 aliphatic rings. The van der Waals surface area contributed by atoms with E-state index in [2.05, 4.69) is 316 Å². The van der Waals surface area contributed by atoms with Crippen molar-refractivity contribution in [2.24, 2.45) is 0 Å². The molecule has 2 saturated heterocycles. The predicted molar refractivity (Wildman–Crippen MR) is 420 cm³/mol. The minimum absolute atomic E-state index is 0. The van der Waals surface area contributed by atoms with Gasteiger partial charge in [0.25, 0.3) is 0 Å². The van der Waals surface area contributed by atoms with E-state index >= 15 is 0 Å². The van der Waals surface area contributed by atoms with Crippen LogP contribution in [0.5, 0.6) is 23.0 Å². The number of hydrogen-bond donors (Lipinski definition) is 0. The average Bonchev–Trinajstić information content (AvgIpc) is 1.29. The van der Waals surface area contributed by atoms with Crippen LogP contribution in [-0.4, -0.2) is 56.6 Å². The summed E-state index contributed by atoms with van der Waals surface area (Å²) < 4.78 is 13.1. The minimum atomic E-state index is -0.726. The van der Waals surface area contributed by atoms with Crippen molar-refractivity contribution in [1.29, 1.82) is 0 Å². The Morgan fingerprint density at radius 2 is 0.722 bits per heavy atom. The summed E-state index contributed by atoms with van der Waals surface area (Å²) in [4.78, 5) is 0. The molecule has 0 amide bonds. The summed E-state index contributed by atoms with van der Waals surface area (Å²) in [5.74, 6) is 3.87. The van der Waals surface area contributed by atoms with E-state index in [0.29, 0.717) is 10.3 Å². The van der Waals surface area contributed by atoms with E-state index in [4.69, 9.17) is 9.47 Å². The second-order valence-electron chi connectivity index (χ2n) is 27.2. The molecule has 538 valence electrons. The van der Waals surface area contributed by atoms with Crippen LogP contribution < -0.4 is 41.3 Å². The molecule has 0 aromatic heterocycles. The molecule has 0 radical (unpaired) electrons. The Morgan fingerprint density at radius 3 is 1.08 bits per heavy atom. The van der Waals surface area contributed by atoms with Crippen molar-refractivity contribution in [2.45, 2.75) is 185 Å². The van der Waals surface area contributed by atoms with Gasteiger partial charge in [-0.2, -0.15) is 0 Å². The van der Waals surface area contributed by atoms with Crippen molar-refractivity contribution in [3.05, 3.63) is 229 Å². The van der Waals surface area contributed by atoms with Gasteiger partial charge in [-0.3, -0.25) is 0 Å². The van der Waals surface area contributed by atoms with Gasteiger partial charge in [0.1, 0.15) is 23.0 Å². The molecule has 3 aliphatic heterocycles. The molecular weight excluding hydrogens is 1550 g/mol. The maximum absolute atomic E-state index is 6.72. The summed E-state index contributed by atoms with van der Waals surface area (Å²) in [5, 5.41) is 9.01. The van der Waals surface area contributed by atoms with Gasteiger partial charge in [0.2, 0.25) is 0 Å². The molecule has 18 heteroatoms. The number of para-hydroxylation sites is 4. The van der Waals surface area contributed by atoms with Crippen molar-refractivity contribution in [1.82, 2.24) is 0 Å². The zero-order valence-electron chi connectivity index (χ0n) is 59.0. The second-order valence-corrected chi connectivity index (χ2v) is 42.9. The van der Waals surface area contributed by atoms with Crippen molar-refractivity contribution in [3.63, 3.8) is 0 Å². The molecule has 0 aliphatic carbocycles. The maximum Gasteiger partial charge on any atom is 0.139 e. The zero-order chi connectivity index (χ0) is 64.5. The van der Waals surface area contributed by atoms with Gasteiger partial charge >= 0.3 is 0 Å². The van der Waals surface area contributed by atoms with E-state index < -0.39 is 15.8 Å². The molecule has 8 aromatic rings. The van der Waals surface area contributed by atoms with Gasteiger partial charge in [0.05, 0.1) is 0 Å². The average molecular weight is 1660 g/mol. The van der Waals surface area contributed by atoms with E-state index in [1.807, 2.05) is 24.3 Å². The van der Waals surface area contributed by atoms with E-state index in [0.717, 1.165) is 62.5 Å². The Kier molecular flexibility index (Phi) is 58.8. The molecule has 8 aromatic carbocycles. The van der Waals surface area contributed by atoms with Crippen LogP contribution in [-0.2, 0) is 5.41 Å². The van der Waals surface area contributed by atoms with Crippen LogP contribution in [0.15, 0.2) is 206 Å². The first-order valence-corrected chi connectivity index (χ1v) is 41.0. The second kappa shape index (κ2) is 53.8. The summed E-state index contributed by atoms with van der Waals surface area (Å²) in [7, 11) is 10.3. The molecule has 0 spiro atoms. The number of ether oxygens (including phenoxy) is 2. The van der Waals surface area contributed by atoms with Crippen LogP contribution in [0.1, 0.15) is 144 Å². The van der Waals surface area contributed by atoms with Gasteiger partial charge in [0, 0.05) is 329 Å². The van der Waals surface area contributed by atoms with Crippen LogP contribution in [0.4, 0.5) is 0 Å². The molecule has 0 N–H and O–H groups in total. The summed E-state index contributed by atoms with van der Waals surface area (Å²) in [6.07, 6.45) is 11.9. The molecule has 2 fully saturated rings. The van der Waals surface area contributed by atoms with Gasteiger partial charge in [-0.25, -0.2) is 0 Å². The molecule has 3 heterocycles. The zero-order valence-corrected chi connectivity index (χ0v) is 72.8. The van der Waals surface area contributed by atoms with Gasteiger partial charge in [0.15, 0.2) is 0 Å². The minimum Gasteiger partial charge on any atom is -0.456 e. The SMILES string of the molecule is CC(C)(C)[P@@]1CCCC1[C@H]1CCC[P@]1C(C)(C)C.C[C@@H](P)C[C@@H](C)P.C[C@H](P)C[C@H](C)P.Cc1cccc2c1Oc1c(P(c3ccccc3)c3ccccc3)cccc1C2(C)C.Cc1ccccc1Oc1ccccc1P(c1ccccc1)c1ccccc1.[Ar].[Ar].[Ar].[Ar].[Ar].[Ar].[Ar].[Ar]. The normalized spacial score (nSPS) is 17.2. The first kappa shape index (κ1) is 106. The summed E-state index contributed by atoms with van der Waals surface area (Å²) in [6.45, 7) is 32.7. The third-order valence-electron chi connectivity index (χ3n) is 16.7. The number of rotatable bonds is 13. The monoisotopic (exact) mass is 1650 g/mol. The van der Waals surface area contributed by atoms with Gasteiger partial charge in [-0.05, 0) is 169 Å². The quantitative estimate of drug-likeness (QED) is 0.107.